The molecule has 5 nitrogen and oxygen atoms in total. The molecule has 1 saturated carbocycles. The first-order valence-corrected chi connectivity index (χ1v) is 9.69. The number of rotatable bonds is 6. The van der Waals surface area contributed by atoms with Crippen LogP contribution < -0.4 is 4.74 Å². The Kier molecular flexibility index (Phi) is 6.50. The summed E-state index contributed by atoms with van der Waals surface area (Å²) in [5.41, 5.74) is 0.951. The standard InChI is InChI=1S/C20H27F3N2O3/c1-28-17-4-2-3-14(11-17)12-25(15-5-7-16(26)8-6-15)18-9-10-24(19(18)27)13-20(21,22)23/h2-4,11,15-16,18,26H,5-10,12-13H2,1H3. The van der Waals surface area contributed by atoms with Crippen molar-refractivity contribution in [1.82, 2.24) is 9.80 Å². The number of carbonyl (C=O) groups is 1. The van der Waals surface area contributed by atoms with E-state index in [4.69, 9.17) is 4.74 Å². The normalized spacial score (nSPS) is 26.1. The first-order chi connectivity index (χ1) is 13.3. The minimum atomic E-state index is -4.39. The number of aliphatic hydroxyl groups excluding tert-OH is 1. The van der Waals surface area contributed by atoms with Gasteiger partial charge >= 0.3 is 6.18 Å². The summed E-state index contributed by atoms with van der Waals surface area (Å²) < 4.78 is 43.6. The molecule has 0 bridgehead atoms. The van der Waals surface area contributed by atoms with Gasteiger partial charge in [-0.25, -0.2) is 0 Å². The van der Waals surface area contributed by atoms with E-state index in [1.54, 1.807) is 7.11 Å². The number of likely N-dealkylation sites (tertiary alicyclic amines) is 1. The second-order valence-corrected chi connectivity index (χ2v) is 7.67. The summed E-state index contributed by atoms with van der Waals surface area (Å²) in [4.78, 5) is 15.7. The van der Waals surface area contributed by atoms with Crippen LogP contribution in [0.5, 0.6) is 5.75 Å². The van der Waals surface area contributed by atoms with Crippen molar-refractivity contribution in [2.45, 2.75) is 63.0 Å². The molecule has 156 valence electrons. The van der Waals surface area contributed by atoms with Gasteiger partial charge in [-0.05, 0) is 49.8 Å². The zero-order valence-electron chi connectivity index (χ0n) is 16.0. The molecule has 8 heteroatoms. The number of hydrogen-bond donors (Lipinski definition) is 1. The molecular weight excluding hydrogens is 373 g/mol. The second-order valence-electron chi connectivity index (χ2n) is 7.67. The Hall–Kier alpha value is -1.80. The van der Waals surface area contributed by atoms with E-state index >= 15 is 0 Å². The van der Waals surface area contributed by atoms with Crippen molar-refractivity contribution in [2.75, 3.05) is 20.2 Å². The van der Waals surface area contributed by atoms with Gasteiger partial charge in [-0.1, -0.05) is 12.1 Å². The van der Waals surface area contributed by atoms with E-state index in [9.17, 15) is 23.1 Å². The lowest BCUT2D eigenvalue weighted by Crippen LogP contribution is -2.49. The number of benzene rings is 1. The van der Waals surface area contributed by atoms with E-state index in [2.05, 4.69) is 0 Å². The van der Waals surface area contributed by atoms with Crippen molar-refractivity contribution in [2.24, 2.45) is 0 Å². The fourth-order valence-corrected chi connectivity index (χ4v) is 4.27. The fraction of sp³-hybridized carbons (Fsp3) is 0.650. The highest BCUT2D eigenvalue weighted by Crippen LogP contribution is 2.31. The Labute approximate surface area is 163 Å². The topological polar surface area (TPSA) is 53.0 Å². The molecule has 1 aromatic carbocycles. The van der Waals surface area contributed by atoms with Crippen LogP contribution in [0, 0.1) is 0 Å². The van der Waals surface area contributed by atoms with Crippen LogP contribution in [0.3, 0.4) is 0 Å². The maximum absolute atomic E-state index is 12.8. The van der Waals surface area contributed by atoms with Crippen LogP contribution in [0.1, 0.15) is 37.7 Å². The van der Waals surface area contributed by atoms with E-state index < -0.39 is 24.7 Å². The van der Waals surface area contributed by atoms with E-state index in [1.807, 2.05) is 29.2 Å². The summed E-state index contributed by atoms with van der Waals surface area (Å²) in [5.74, 6) is 0.249. The molecule has 0 radical (unpaired) electrons. The molecule has 28 heavy (non-hydrogen) atoms. The van der Waals surface area contributed by atoms with Gasteiger partial charge in [0, 0.05) is 19.1 Å². The molecule has 1 heterocycles. The smallest absolute Gasteiger partial charge is 0.406 e. The number of ether oxygens (including phenoxy) is 1. The average Bonchev–Trinajstić information content (AvgIpc) is 2.99. The largest absolute Gasteiger partial charge is 0.497 e. The lowest BCUT2D eigenvalue weighted by Gasteiger charge is -2.39. The number of halogens is 3. The van der Waals surface area contributed by atoms with Crippen LogP contribution >= 0.6 is 0 Å². The van der Waals surface area contributed by atoms with E-state index in [0.717, 1.165) is 23.3 Å². The Morgan fingerprint density at radius 1 is 1.21 bits per heavy atom. The monoisotopic (exact) mass is 400 g/mol. The number of nitrogens with zero attached hydrogens (tertiary/aromatic N) is 2. The molecular formula is C20H27F3N2O3. The number of amides is 1. The molecule has 1 unspecified atom stereocenters. The molecule has 2 fully saturated rings. The number of hydrogen-bond acceptors (Lipinski definition) is 4. The summed E-state index contributed by atoms with van der Waals surface area (Å²) >= 11 is 0. The Balaban J connectivity index is 1.79. The van der Waals surface area contributed by atoms with Gasteiger partial charge in [-0.15, -0.1) is 0 Å². The van der Waals surface area contributed by atoms with Gasteiger partial charge in [0.05, 0.1) is 19.3 Å². The van der Waals surface area contributed by atoms with Crippen molar-refractivity contribution in [1.29, 1.82) is 0 Å². The van der Waals surface area contributed by atoms with Gasteiger partial charge < -0.3 is 14.7 Å². The number of methoxy groups -OCH3 is 1. The van der Waals surface area contributed by atoms with Crippen LogP contribution in [0.4, 0.5) is 13.2 Å². The average molecular weight is 400 g/mol. The summed E-state index contributed by atoms with van der Waals surface area (Å²) in [6.07, 6.45) is -1.59. The highest BCUT2D eigenvalue weighted by atomic mass is 19.4. The van der Waals surface area contributed by atoms with Crippen LogP contribution in [-0.2, 0) is 11.3 Å². The third kappa shape index (κ3) is 5.17. The van der Waals surface area contributed by atoms with E-state index in [1.165, 1.54) is 0 Å². The van der Waals surface area contributed by atoms with Crippen LogP contribution in [-0.4, -0.2) is 65.4 Å². The molecule has 1 saturated heterocycles. The quantitative estimate of drug-likeness (QED) is 0.798. The minimum absolute atomic E-state index is 0.0642. The zero-order valence-corrected chi connectivity index (χ0v) is 16.0. The third-order valence-electron chi connectivity index (χ3n) is 5.67. The Morgan fingerprint density at radius 2 is 1.93 bits per heavy atom. The summed E-state index contributed by atoms with van der Waals surface area (Å²) in [6, 6.07) is 7.01. The van der Waals surface area contributed by atoms with Gasteiger partial charge in [0.1, 0.15) is 12.3 Å². The second kappa shape index (κ2) is 8.69. The summed E-state index contributed by atoms with van der Waals surface area (Å²) in [5, 5.41) is 9.82. The van der Waals surface area contributed by atoms with Crippen molar-refractivity contribution in [3.05, 3.63) is 29.8 Å². The lowest BCUT2D eigenvalue weighted by molar-refractivity contribution is -0.159. The van der Waals surface area contributed by atoms with E-state index in [-0.39, 0.29) is 18.7 Å². The van der Waals surface area contributed by atoms with Crippen molar-refractivity contribution >= 4 is 5.91 Å². The lowest BCUT2D eigenvalue weighted by atomic mass is 9.90. The minimum Gasteiger partial charge on any atom is -0.497 e. The summed E-state index contributed by atoms with van der Waals surface area (Å²) in [6.45, 7) is -0.611. The molecule has 1 aromatic rings. The van der Waals surface area contributed by atoms with Gasteiger partial charge in [0.25, 0.3) is 0 Å². The SMILES string of the molecule is COc1cccc(CN(C2CCC(O)CC2)C2CCN(CC(F)(F)F)C2=O)c1. The van der Waals surface area contributed by atoms with Crippen molar-refractivity contribution in [3.63, 3.8) is 0 Å². The predicted octanol–water partition coefficient (Wildman–Crippen LogP) is 2.96. The molecule has 3 rings (SSSR count). The molecule has 2 aliphatic rings. The molecule has 1 atom stereocenters. The molecule has 0 aromatic heterocycles. The molecule has 1 amide bonds. The van der Waals surface area contributed by atoms with Crippen LogP contribution in [0.25, 0.3) is 0 Å². The Morgan fingerprint density at radius 3 is 2.57 bits per heavy atom. The first kappa shape index (κ1) is 20.9. The van der Waals surface area contributed by atoms with Gasteiger partial charge in [-0.2, -0.15) is 13.2 Å². The van der Waals surface area contributed by atoms with Crippen molar-refractivity contribution in [3.8, 4) is 5.75 Å². The molecule has 1 aliphatic carbocycles. The molecule has 1 aliphatic heterocycles. The molecule has 0 spiro atoms. The third-order valence-corrected chi connectivity index (χ3v) is 5.67. The number of aliphatic hydroxyl groups is 1. The molecule has 1 N–H and O–H groups in total. The number of alkyl halides is 3. The van der Waals surface area contributed by atoms with Gasteiger partial charge in [0.2, 0.25) is 5.91 Å². The first-order valence-electron chi connectivity index (χ1n) is 9.69. The maximum atomic E-state index is 12.8. The van der Waals surface area contributed by atoms with Crippen molar-refractivity contribution < 1.29 is 27.8 Å². The number of carbonyl (C=O) groups excluding carboxylic acids is 1. The highest BCUT2D eigenvalue weighted by Gasteiger charge is 2.43. The highest BCUT2D eigenvalue weighted by molar-refractivity contribution is 5.84. The maximum Gasteiger partial charge on any atom is 0.406 e. The van der Waals surface area contributed by atoms with E-state index in [0.29, 0.717) is 31.6 Å². The zero-order chi connectivity index (χ0) is 20.3. The van der Waals surface area contributed by atoms with Gasteiger partial charge in [0.15, 0.2) is 0 Å². The van der Waals surface area contributed by atoms with Crippen LogP contribution in [0.2, 0.25) is 0 Å². The van der Waals surface area contributed by atoms with Gasteiger partial charge in [-0.3, -0.25) is 9.69 Å². The Bertz CT molecular complexity index is 675. The summed E-state index contributed by atoms with van der Waals surface area (Å²) in [7, 11) is 1.58. The predicted molar refractivity (Wildman–Crippen MR) is 97.8 cm³/mol. The van der Waals surface area contributed by atoms with Crippen LogP contribution in [0.15, 0.2) is 24.3 Å². The fourth-order valence-electron chi connectivity index (χ4n) is 4.27.